The molecule has 0 radical (unpaired) electrons. The van der Waals surface area contributed by atoms with E-state index in [4.69, 9.17) is 5.11 Å². The molecule has 98 valence electrons. The molecule has 2 aromatic rings. The minimum Gasteiger partial charge on any atom is -0.396 e. The molecule has 0 amide bonds. The number of hydrogen-bond donors (Lipinski definition) is 5. The molecule has 0 fully saturated rings. The minimum atomic E-state index is -0.573. The summed E-state index contributed by atoms with van der Waals surface area (Å²) in [4.78, 5) is 20.9. The van der Waals surface area contributed by atoms with Crippen LogP contribution in [0.2, 0.25) is 0 Å². The predicted octanol–water partition coefficient (Wildman–Crippen LogP) is -0.916. The lowest BCUT2D eigenvalue weighted by Crippen LogP contribution is -2.27. The summed E-state index contributed by atoms with van der Waals surface area (Å²) in [6, 6.07) is 0. The van der Waals surface area contributed by atoms with Crippen molar-refractivity contribution in [1.29, 1.82) is 0 Å². The van der Waals surface area contributed by atoms with E-state index < -0.39 is 6.10 Å². The van der Waals surface area contributed by atoms with Crippen LogP contribution in [0.15, 0.2) is 17.3 Å². The van der Waals surface area contributed by atoms with Gasteiger partial charge < -0.3 is 25.5 Å². The minimum absolute atomic E-state index is 0.0349. The van der Waals surface area contributed by atoms with Crippen molar-refractivity contribution in [2.45, 2.75) is 19.1 Å². The van der Waals surface area contributed by atoms with Gasteiger partial charge >= 0.3 is 0 Å². The summed E-state index contributed by atoms with van der Waals surface area (Å²) in [6.07, 6.45) is 2.86. The van der Waals surface area contributed by atoms with Crippen LogP contribution in [0.4, 0.5) is 0 Å². The summed E-state index contributed by atoms with van der Waals surface area (Å²) in [5.41, 5.74) is 1.74. The number of nitrogens with zero attached hydrogens (tertiary/aromatic N) is 1. The molecule has 0 bridgehead atoms. The molecule has 18 heavy (non-hydrogen) atoms. The van der Waals surface area contributed by atoms with Crippen LogP contribution in [-0.4, -0.2) is 44.4 Å². The summed E-state index contributed by atoms with van der Waals surface area (Å²) >= 11 is 0. The third-order valence-corrected chi connectivity index (χ3v) is 2.71. The lowest BCUT2D eigenvalue weighted by Gasteiger charge is -2.09. The Kier molecular flexibility index (Phi) is 4.08. The number of aliphatic hydroxyl groups excluding tert-OH is 2. The summed E-state index contributed by atoms with van der Waals surface area (Å²) < 4.78 is 0. The molecular weight excluding hydrogens is 236 g/mol. The number of hydrogen-bond acceptors (Lipinski definition) is 5. The molecule has 1 atom stereocenters. The van der Waals surface area contributed by atoms with Gasteiger partial charge in [-0.3, -0.25) is 4.79 Å². The first kappa shape index (κ1) is 12.7. The number of nitrogens with one attached hydrogen (secondary N) is 3. The summed E-state index contributed by atoms with van der Waals surface area (Å²) in [5.74, 6) is 0. The van der Waals surface area contributed by atoms with Crippen molar-refractivity contribution in [3.63, 3.8) is 0 Å². The van der Waals surface area contributed by atoms with Crippen molar-refractivity contribution >= 4 is 11.0 Å². The van der Waals surface area contributed by atoms with Crippen molar-refractivity contribution in [2.75, 3.05) is 13.2 Å². The Balaban J connectivity index is 2.00. The maximum atomic E-state index is 11.4. The molecule has 0 aliphatic rings. The van der Waals surface area contributed by atoms with Crippen LogP contribution in [-0.2, 0) is 6.54 Å². The van der Waals surface area contributed by atoms with Gasteiger partial charge in [0.15, 0.2) is 0 Å². The SMILES string of the molecule is O=c1[nH]cnc2c(CNCC(O)CCO)c[nH]c12. The fourth-order valence-corrected chi connectivity index (χ4v) is 1.76. The number of aliphatic hydroxyl groups is 2. The molecule has 1 unspecified atom stereocenters. The predicted molar refractivity (Wildman–Crippen MR) is 66.1 cm³/mol. The third-order valence-electron chi connectivity index (χ3n) is 2.71. The molecular formula is C11H16N4O3. The maximum Gasteiger partial charge on any atom is 0.275 e. The van der Waals surface area contributed by atoms with Crippen LogP contribution < -0.4 is 10.9 Å². The van der Waals surface area contributed by atoms with Crippen LogP contribution >= 0.6 is 0 Å². The molecule has 7 nitrogen and oxygen atoms in total. The fourth-order valence-electron chi connectivity index (χ4n) is 1.76. The molecule has 0 aliphatic heterocycles. The molecule has 0 aliphatic carbocycles. The number of fused-ring (bicyclic) bond motifs is 1. The van der Waals surface area contributed by atoms with E-state index in [9.17, 15) is 9.90 Å². The average Bonchev–Trinajstić information content (AvgIpc) is 2.75. The zero-order valence-corrected chi connectivity index (χ0v) is 9.81. The zero-order chi connectivity index (χ0) is 13.0. The van der Waals surface area contributed by atoms with Crippen LogP contribution in [0.1, 0.15) is 12.0 Å². The zero-order valence-electron chi connectivity index (χ0n) is 9.81. The van der Waals surface area contributed by atoms with Crippen molar-refractivity contribution in [2.24, 2.45) is 0 Å². The van der Waals surface area contributed by atoms with E-state index >= 15 is 0 Å². The van der Waals surface area contributed by atoms with E-state index in [0.29, 0.717) is 30.5 Å². The topological polar surface area (TPSA) is 114 Å². The second-order valence-electron chi connectivity index (χ2n) is 4.07. The highest BCUT2D eigenvalue weighted by Crippen LogP contribution is 2.10. The van der Waals surface area contributed by atoms with Gasteiger partial charge in [0.25, 0.3) is 5.56 Å². The van der Waals surface area contributed by atoms with E-state index in [2.05, 4.69) is 20.3 Å². The van der Waals surface area contributed by atoms with Gasteiger partial charge in [0.2, 0.25) is 0 Å². The van der Waals surface area contributed by atoms with Crippen molar-refractivity contribution in [3.8, 4) is 0 Å². The lowest BCUT2D eigenvalue weighted by atomic mass is 10.2. The number of aromatic amines is 2. The Hall–Kier alpha value is -1.70. The Morgan fingerprint density at radius 2 is 2.28 bits per heavy atom. The Bertz CT molecular complexity index is 563. The molecule has 2 heterocycles. The number of aromatic nitrogens is 3. The Morgan fingerprint density at radius 1 is 1.44 bits per heavy atom. The highest BCUT2D eigenvalue weighted by atomic mass is 16.3. The monoisotopic (exact) mass is 252 g/mol. The van der Waals surface area contributed by atoms with Gasteiger partial charge in [-0.05, 0) is 6.42 Å². The summed E-state index contributed by atoms with van der Waals surface area (Å²) in [6.45, 7) is 0.849. The molecule has 7 heteroatoms. The van der Waals surface area contributed by atoms with Crippen molar-refractivity contribution in [1.82, 2.24) is 20.3 Å². The first-order valence-corrected chi connectivity index (χ1v) is 5.75. The van der Waals surface area contributed by atoms with Crippen LogP contribution in [0.5, 0.6) is 0 Å². The standard InChI is InChI=1S/C11H16N4O3/c16-2-1-8(17)5-12-3-7-4-13-10-9(7)14-6-15-11(10)18/h4,6,8,12-13,16-17H,1-3,5H2,(H,14,15,18). The van der Waals surface area contributed by atoms with Gasteiger partial charge in [0.1, 0.15) is 5.52 Å². The van der Waals surface area contributed by atoms with Gasteiger partial charge in [-0.25, -0.2) is 4.98 Å². The fraction of sp³-hybridized carbons (Fsp3) is 0.455. The van der Waals surface area contributed by atoms with Gasteiger partial charge in [-0.1, -0.05) is 0 Å². The normalized spacial score (nSPS) is 13.0. The molecule has 2 aromatic heterocycles. The molecule has 5 N–H and O–H groups in total. The van der Waals surface area contributed by atoms with Gasteiger partial charge in [-0.15, -0.1) is 0 Å². The number of rotatable bonds is 6. The first-order chi connectivity index (χ1) is 8.72. The highest BCUT2D eigenvalue weighted by Gasteiger charge is 2.08. The smallest absolute Gasteiger partial charge is 0.275 e. The summed E-state index contributed by atoms with van der Waals surface area (Å²) in [7, 11) is 0. The van der Waals surface area contributed by atoms with E-state index in [0.717, 1.165) is 5.56 Å². The van der Waals surface area contributed by atoms with Crippen molar-refractivity contribution < 1.29 is 10.2 Å². The molecule has 0 saturated heterocycles. The quantitative estimate of drug-likeness (QED) is 0.456. The van der Waals surface area contributed by atoms with Gasteiger partial charge in [0, 0.05) is 31.5 Å². The van der Waals surface area contributed by atoms with Crippen LogP contribution in [0.25, 0.3) is 11.0 Å². The van der Waals surface area contributed by atoms with E-state index in [1.807, 2.05) is 0 Å². The largest absolute Gasteiger partial charge is 0.396 e. The van der Waals surface area contributed by atoms with Crippen LogP contribution in [0.3, 0.4) is 0 Å². The molecule has 2 rings (SSSR count). The van der Waals surface area contributed by atoms with E-state index in [-0.39, 0.29) is 12.2 Å². The van der Waals surface area contributed by atoms with E-state index in [1.54, 1.807) is 6.20 Å². The molecule has 0 aromatic carbocycles. The second kappa shape index (κ2) is 5.76. The molecule has 0 saturated carbocycles. The molecule has 0 spiro atoms. The van der Waals surface area contributed by atoms with Crippen LogP contribution in [0, 0.1) is 0 Å². The first-order valence-electron chi connectivity index (χ1n) is 5.75. The second-order valence-corrected chi connectivity index (χ2v) is 4.07. The summed E-state index contributed by atoms with van der Waals surface area (Å²) in [5, 5.41) is 21.1. The van der Waals surface area contributed by atoms with Crippen molar-refractivity contribution in [3.05, 3.63) is 28.4 Å². The van der Waals surface area contributed by atoms with E-state index in [1.165, 1.54) is 6.33 Å². The van der Waals surface area contributed by atoms with Gasteiger partial charge in [-0.2, -0.15) is 0 Å². The maximum absolute atomic E-state index is 11.4. The Morgan fingerprint density at radius 3 is 3.06 bits per heavy atom. The Labute approximate surface area is 103 Å². The third kappa shape index (κ3) is 2.76. The highest BCUT2D eigenvalue weighted by molar-refractivity contribution is 5.77. The van der Waals surface area contributed by atoms with Gasteiger partial charge in [0.05, 0.1) is 17.9 Å². The number of H-pyrrole nitrogens is 2. The lowest BCUT2D eigenvalue weighted by molar-refractivity contribution is 0.131. The average molecular weight is 252 g/mol.